The van der Waals surface area contributed by atoms with Gasteiger partial charge in [0.2, 0.25) is 0 Å². The lowest BCUT2D eigenvalue weighted by Crippen LogP contribution is -2.33. The molecule has 5 rings (SSSR count). The van der Waals surface area contributed by atoms with Gasteiger partial charge < -0.3 is 24.6 Å². The molecule has 2 amide bonds. The Bertz CT molecular complexity index is 1020. The van der Waals surface area contributed by atoms with Gasteiger partial charge in [0.15, 0.2) is 0 Å². The zero-order chi connectivity index (χ0) is 22.2. The fraction of sp³-hybridized carbons (Fsp3) is 0.542. The number of hydrogen-bond donors (Lipinski definition) is 1. The minimum absolute atomic E-state index is 0.00456. The summed E-state index contributed by atoms with van der Waals surface area (Å²) in [4.78, 5) is 33.4. The first-order chi connectivity index (χ1) is 15.6. The summed E-state index contributed by atoms with van der Waals surface area (Å²) in [5, 5.41) is 4.76. The zero-order valence-electron chi connectivity index (χ0n) is 18.7. The van der Waals surface area contributed by atoms with Crippen LogP contribution < -0.4 is 15.0 Å². The lowest BCUT2D eigenvalue weighted by atomic mass is 10.0. The van der Waals surface area contributed by atoms with Gasteiger partial charge in [0, 0.05) is 31.2 Å². The highest BCUT2D eigenvalue weighted by Gasteiger charge is 2.42. The molecular formula is C24H30N4O4. The molecule has 0 radical (unpaired) electrons. The van der Waals surface area contributed by atoms with Crippen LogP contribution in [0.4, 0.5) is 10.6 Å². The van der Waals surface area contributed by atoms with E-state index >= 15 is 0 Å². The van der Waals surface area contributed by atoms with Crippen LogP contribution in [0.15, 0.2) is 24.4 Å². The first-order valence-corrected chi connectivity index (χ1v) is 11.7. The lowest BCUT2D eigenvalue weighted by Gasteiger charge is -2.24. The Morgan fingerprint density at radius 2 is 2.03 bits per heavy atom. The van der Waals surface area contributed by atoms with Crippen molar-refractivity contribution in [1.29, 1.82) is 0 Å². The van der Waals surface area contributed by atoms with Gasteiger partial charge in [0.25, 0.3) is 5.91 Å². The van der Waals surface area contributed by atoms with Gasteiger partial charge in [-0.05, 0) is 63.1 Å². The Kier molecular flexibility index (Phi) is 5.53. The molecule has 2 aliphatic heterocycles. The number of anilines is 1. The molecule has 2 unspecified atom stereocenters. The van der Waals surface area contributed by atoms with E-state index in [1.165, 1.54) is 0 Å². The molecule has 1 aromatic heterocycles. The third kappa shape index (κ3) is 3.72. The van der Waals surface area contributed by atoms with E-state index in [0.29, 0.717) is 37.5 Å². The van der Waals surface area contributed by atoms with Crippen molar-refractivity contribution in [3.8, 4) is 5.75 Å². The van der Waals surface area contributed by atoms with Crippen molar-refractivity contribution in [3.63, 3.8) is 0 Å². The van der Waals surface area contributed by atoms with Crippen LogP contribution in [0, 0.1) is 0 Å². The first-order valence-electron chi connectivity index (χ1n) is 11.7. The van der Waals surface area contributed by atoms with Crippen molar-refractivity contribution in [3.05, 3.63) is 30.0 Å². The molecule has 1 aliphatic carbocycles. The number of hydrogen-bond acceptors (Lipinski definition) is 6. The van der Waals surface area contributed by atoms with Crippen LogP contribution in [0.5, 0.6) is 5.75 Å². The van der Waals surface area contributed by atoms with Crippen LogP contribution in [0.25, 0.3) is 10.8 Å². The summed E-state index contributed by atoms with van der Waals surface area (Å²) in [7, 11) is 0. The average Bonchev–Trinajstić information content (AvgIpc) is 3.50. The number of ether oxygens (including phenoxy) is 2. The van der Waals surface area contributed by atoms with Crippen LogP contribution in [0.3, 0.4) is 0 Å². The molecule has 2 saturated heterocycles. The molecule has 1 aromatic carbocycles. The standard InChI is InChI=1S/C24H30N4O4/c1-3-27(4-2)23(29)18-11-15-9-10-25-22(28-13-19-21(14-28)32-24(30)26-19)17(15)12-20(18)31-16-7-5-6-8-16/h9-12,16,19,21H,3-8,13-14H2,1-2H3,(H,26,30). The van der Waals surface area contributed by atoms with Gasteiger partial charge in [-0.2, -0.15) is 0 Å². The smallest absolute Gasteiger partial charge is 0.407 e. The van der Waals surface area contributed by atoms with Crippen molar-refractivity contribution in [2.45, 2.75) is 57.8 Å². The predicted octanol–water partition coefficient (Wildman–Crippen LogP) is 3.34. The number of nitrogens with one attached hydrogen (secondary N) is 1. The second-order valence-electron chi connectivity index (χ2n) is 8.81. The maximum Gasteiger partial charge on any atom is 0.407 e. The molecule has 2 aromatic rings. The fourth-order valence-corrected chi connectivity index (χ4v) is 5.10. The number of nitrogens with zero attached hydrogens (tertiary/aromatic N) is 3. The Labute approximate surface area is 187 Å². The van der Waals surface area contributed by atoms with E-state index < -0.39 is 0 Å². The van der Waals surface area contributed by atoms with Crippen molar-refractivity contribution in [2.75, 3.05) is 31.1 Å². The summed E-state index contributed by atoms with van der Waals surface area (Å²) >= 11 is 0. The molecule has 3 heterocycles. The Balaban J connectivity index is 1.54. The van der Waals surface area contributed by atoms with Gasteiger partial charge in [-0.15, -0.1) is 0 Å². The Morgan fingerprint density at radius 3 is 2.75 bits per heavy atom. The molecule has 3 fully saturated rings. The number of carbonyl (C=O) groups excluding carboxylic acids is 2. The number of benzene rings is 1. The third-order valence-electron chi connectivity index (χ3n) is 6.85. The molecular weight excluding hydrogens is 408 g/mol. The normalized spacial score (nSPS) is 22.7. The molecule has 2 atom stereocenters. The second-order valence-corrected chi connectivity index (χ2v) is 8.81. The topological polar surface area (TPSA) is 84.0 Å². The van der Waals surface area contributed by atoms with E-state index in [4.69, 9.17) is 9.47 Å². The highest BCUT2D eigenvalue weighted by Crippen LogP contribution is 2.36. The number of aromatic nitrogens is 1. The number of carbonyl (C=O) groups is 2. The summed E-state index contributed by atoms with van der Waals surface area (Å²) < 4.78 is 11.8. The molecule has 32 heavy (non-hydrogen) atoms. The first kappa shape index (κ1) is 20.8. The van der Waals surface area contributed by atoms with Crippen LogP contribution in [-0.4, -0.2) is 66.3 Å². The van der Waals surface area contributed by atoms with Gasteiger partial charge in [-0.1, -0.05) is 0 Å². The van der Waals surface area contributed by atoms with E-state index in [1.54, 1.807) is 6.20 Å². The largest absolute Gasteiger partial charge is 0.490 e. The van der Waals surface area contributed by atoms with Crippen LogP contribution in [0.2, 0.25) is 0 Å². The molecule has 3 aliphatic rings. The SMILES string of the molecule is CCN(CC)C(=O)c1cc2ccnc(N3CC4NC(=O)OC4C3)c2cc1OC1CCCC1. The van der Waals surface area contributed by atoms with Gasteiger partial charge >= 0.3 is 6.09 Å². The van der Waals surface area contributed by atoms with Gasteiger partial charge in [-0.3, -0.25) is 4.79 Å². The highest BCUT2D eigenvalue weighted by molar-refractivity contribution is 6.04. The van der Waals surface area contributed by atoms with Crippen molar-refractivity contribution in [1.82, 2.24) is 15.2 Å². The summed E-state index contributed by atoms with van der Waals surface area (Å²) in [5.41, 5.74) is 0.610. The molecule has 8 nitrogen and oxygen atoms in total. The number of fused-ring (bicyclic) bond motifs is 2. The van der Waals surface area contributed by atoms with Crippen LogP contribution in [0.1, 0.15) is 49.9 Å². The highest BCUT2D eigenvalue weighted by atomic mass is 16.6. The number of rotatable bonds is 6. The third-order valence-corrected chi connectivity index (χ3v) is 6.85. The molecule has 170 valence electrons. The monoisotopic (exact) mass is 438 g/mol. The van der Waals surface area contributed by atoms with Gasteiger partial charge in [0.05, 0.1) is 24.3 Å². The summed E-state index contributed by atoms with van der Waals surface area (Å²) in [6, 6.07) is 5.84. The summed E-state index contributed by atoms with van der Waals surface area (Å²) in [6.07, 6.45) is 5.75. The Hall–Kier alpha value is -3.03. The molecule has 0 spiro atoms. The Morgan fingerprint density at radius 1 is 1.25 bits per heavy atom. The minimum atomic E-state index is -0.350. The zero-order valence-corrected chi connectivity index (χ0v) is 18.7. The maximum absolute atomic E-state index is 13.3. The van der Waals surface area contributed by atoms with Crippen LogP contribution >= 0.6 is 0 Å². The van der Waals surface area contributed by atoms with E-state index in [1.807, 2.05) is 36.9 Å². The van der Waals surface area contributed by atoms with E-state index in [-0.39, 0.29) is 30.3 Å². The number of amides is 2. The van der Waals surface area contributed by atoms with Crippen LogP contribution in [-0.2, 0) is 4.74 Å². The molecule has 1 N–H and O–H groups in total. The quantitative estimate of drug-likeness (QED) is 0.745. The fourth-order valence-electron chi connectivity index (χ4n) is 5.10. The lowest BCUT2D eigenvalue weighted by molar-refractivity contribution is 0.0765. The number of alkyl carbamates (subject to hydrolysis) is 1. The van der Waals surface area contributed by atoms with Crippen molar-refractivity contribution < 1.29 is 19.1 Å². The van der Waals surface area contributed by atoms with E-state index in [9.17, 15) is 9.59 Å². The predicted molar refractivity (Wildman–Crippen MR) is 121 cm³/mol. The van der Waals surface area contributed by atoms with E-state index in [2.05, 4.69) is 15.2 Å². The van der Waals surface area contributed by atoms with Crippen molar-refractivity contribution in [2.24, 2.45) is 0 Å². The summed E-state index contributed by atoms with van der Waals surface area (Å²) in [6.45, 7) is 6.52. The molecule has 8 heteroatoms. The molecule has 0 bridgehead atoms. The number of pyridine rings is 1. The van der Waals surface area contributed by atoms with Gasteiger partial charge in [-0.25, -0.2) is 9.78 Å². The van der Waals surface area contributed by atoms with Crippen molar-refractivity contribution >= 4 is 28.6 Å². The molecule has 1 saturated carbocycles. The summed E-state index contributed by atoms with van der Waals surface area (Å²) in [5.74, 6) is 1.46. The minimum Gasteiger partial charge on any atom is -0.490 e. The van der Waals surface area contributed by atoms with Gasteiger partial charge in [0.1, 0.15) is 17.7 Å². The maximum atomic E-state index is 13.3. The second kappa shape index (κ2) is 8.48. The van der Waals surface area contributed by atoms with E-state index in [0.717, 1.165) is 42.3 Å². The average molecular weight is 439 g/mol.